The molecule has 0 fully saturated rings. The lowest BCUT2D eigenvalue weighted by molar-refractivity contribution is -0.127. The fraction of sp³-hybridized carbons (Fsp3) is 0.500. The SMILES string of the molecule is COc1cc2c(cc1OC)[C@@H](C)N(O)CC2. The van der Waals surface area contributed by atoms with Gasteiger partial charge in [-0.2, -0.15) is 5.06 Å². The minimum Gasteiger partial charge on any atom is -0.493 e. The van der Waals surface area contributed by atoms with E-state index in [1.54, 1.807) is 14.2 Å². The number of hydroxylamine groups is 2. The number of hydrogen-bond acceptors (Lipinski definition) is 4. The van der Waals surface area contributed by atoms with E-state index in [4.69, 9.17) is 9.47 Å². The Balaban J connectivity index is 2.48. The number of hydrogen-bond donors (Lipinski definition) is 1. The normalized spacial score (nSPS) is 20.4. The number of ether oxygens (including phenoxy) is 2. The molecule has 1 aliphatic heterocycles. The zero-order chi connectivity index (χ0) is 11.7. The van der Waals surface area contributed by atoms with E-state index < -0.39 is 0 Å². The zero-order valence-electron chi connectivity index (χ0n) is 9.86. The van der Waals surface area contributed by atoms with Crippen molar-refractivity contribution in [2.75, 3.05) is 20.8 Å². The van der Waals surface area contributed by atoms with E-state index in [0.29, 0.717) is 12.3 Å². The molecule has 1 aliphatic rings. The molecule has 16 heavy (non-hydrogen) atoms. The monoisotopic (exact) mass is 223 g/mol. The minimum absolute atomic E-state index is 0.00329. The van der Waals surface area contributed by atoms with Crippen molar-refractivity contribution in [2.24, 2.45) is 0 Å². The average molecular weight is 223 g/mol. The van der Waals surface area contributed by atoms with Gasteiger partial charge in [-0.05, 0) is 36.6 Å². The molecule has 1 atom stereocenters. The summed E-state index contributed by atoms with van der Waals surface area (Å²) in [5.41, 5.74) is 2.32. The number of benzene rings is 1. The molecule has 0 unspecified atom stereocenters. The van der Waals surface area contributed by atoms with Crippen molar-refractivity contribution in [1.82, 2.24) is 5.06 Å². The summed E-state index contributed by atoms with van der Waals surface area (Å²) in [5, 5.41) is 11.0. The molecule has 0 spiro atoms. The summed E-state index contributed by atoms with van der Waals surface area (Å²) in [6.07, 6.45) is 0.830. The highest BCUT2D eigenvalue weighted by Crippen LogP contribution is 2.37. The van der Waals surface area contributed by atoms with E-state index in [2.05, 4.69) is 0 Å². The first-order chi connectivity index (χ1) is 7.67. The van der Waals surface area contributed by atoms with Crippen molar-refractivity contribution >= 4 is 0 Å². The van der Waals surface area contributed by atoms with Crippen LogP contribution >= 0.6 is 0 Å². The topological polar surface area (TPSA) is 41.9 Å². The maximum absolute atomic E-state index is 9.68. The molecule has 0 saturated carbocycles. The van der Waals surface area contributed by atoms with Crippen molar-refractivity contribution in [3.63, 3.8) is 0 Å². The van der Waals surface area contributed by atoms with E-state index in [1.807, 2.05) is 19.1 Å². The van der Waals surface area contributed by atoms with E-state index in [-0.39, 0.29) is 6.04 Å². The van der Waals surface area contributed by atoms with Gasteiger partial charge in [-0.25, -0.2) is 0 Å². The van der Waals surface area contributed by atoms with Crippen molar-refractivity contribution in [3.8, 4) is 11.5 Å². The minimum atomic E-state index is 0.00329. The van der Waals surface area contributed by atoms with Gasteiger partial charge >= 0.3 is 0 Å². The van der Waals surface area contributed by atoms with Gasteiger partial charge in [0.2, 0.25) is 0 Å². The Kier molecular flexibility index (Phi) is 3.03. The van der Waals surface area contributed by atoms with Crippen molar-refractivity contribution in [1.29, 1.82) is 0 Å². The number of nitrogens with zero attached hydrogens (tertiary/aromatic N) is 1. The third-order valence-corrected chi connectivity index (χ3v) is 3.15. The molecule has 4 heteroatoms. The number of methoxy groups -OCH3 is 2. The molecule has 4 nitrogen and oxygen atoms in total. The lowest BCUT2D eigenvalue weighted by Crippen LogP contribution is -2.30. The van der Waals surface area contributed by atoms with E-state index in [0.717, 1.165) is 17.7 Å². The zero-order valence-corrected chi connectivity index (χ0v) is 9.86. The quantitative estimate of drug-likeness (QED) is 0.832. The molecule has 1 heterocycles. The molecule has 1 N–H and O–H groups in total. The highest BCUT2D eigenvalue weighted by atomic mass is 16.5. The molecule has 0 bridgehead atoms. The second kappa shape index (κ2) is 4.31. The van der Waals surface area contributed by atoms with Crippen LogP contribution in [0.4, 0.5) is 0 Å². The lowest BCUT2D eigenvalue weighted by atomic mass is 9.94. The first-order valence-corrected chi connectivity index (χ1v) is 5.37. The first kappa shape index (κ1) is 11.2. The van der Waals surface area contributed by atoms with Crippen LogP contribution in [-0.4, -0.2) is 31.0 Å². The van der Waals surface area contributed by atoms with E-state index in [9.17, 15) is 5.21 Å². The molecule has 0 aromatic heterocycles. The Hall–Kier alpha value is -1.26. The average Bonchev–Trinajstić information content (AvgIpc) is 2.32. The maximum atomic E-state index is 9.68. The second-order valence-corrected chi connectivity index (χ2v) is 4.00. The molecular weight excluding hydrogens is 206 g/mol. The van der Waals surface area contributed by atoms with Crippen LogP contribution in [0.25, 0.3) is 0 Å². The molecule has 0 radical (unpaired) electrons. The predicted octanol–water partition coefficient (Wildman–Crippen LogP) is 2.01. The molecule has 0 aliphatic carbocycles. The van der Waals surface area contributed by atoms with Crippen LogP contribution in [0.1, 0.15) is 24.1 Å². The number of rotatable bonds is 2. The fourth-order valence-electron chi connectivity index (χ4n) is 2.13. The molecule has 1 aromatic carbocycles. The van der Waals surface area contributed by atoms with Crippen LogP contribution in [0.2, 0.25) is 0 Å². The summed E-state index contributed by atoms with van der Waals surface area (Å²) >= 11 is 0. The highest BCUT2D eigenvalue weighted by Gasteiger charge is 2.24. The molecule has 2 rings (SSSR count). The van der Waals surface area contributed by atoms with Gasteiger partial charge in [0.15, 0.2) is 11.5 Å². The van der Waals surface area contributed by atoms with Gasteiger partial charge in [0.1, 0.15) is 0 Å². The number of fused-ring (bicyclic) bond motifs is 1. The second-order valence-electron chi connectivity index (χ2n) is 4.00. The van der Waals surface area contributed by atoms with Crippen LogP contribution < -0.4 is 9.47 Å². The van der Waals surface area contributed by atoms with Crippen LogP contribution in [0, 0.1) is 0 Å². The van der Waals surface area contributed by atoms with Gasteiger partial charge < -0.3 is 14.7 Å². The van der Waals surface area contributed by atoms with Crippen molar-refractivity contribution in [2.45, 2.75) is 19.4 Å². The maximum Gasteiger partial charge on any atom is 0.161 e. The standard InChI is InChI=1S/C12H17NO3/c1-8-10-7-12(16-3)11(15-2)6-9(10)4-5-13(8)14/h6-8,14H,4-5H2,1-3H3/t8-/m1/s1. The molecule has 0 amide bonds. The van der Waals surface area contributed by atoms with Crippen molar-refractivity contribution in [3.05, 3.63) is 23.3 Å². The molecule has 88 valence electrons. The molecule has 0 saturated heterocycles. The molecule has 1 aromatic rings. The van der Waals surface area contributed by atoms with Gasteiger partial charge in [-0.3, -0.25) is 0 Å². The summed E-state index contributed by atoms with van der Waals surface area (Å²) < 4.78 is 10.5. The first-order valence-electron chi connectivity index (χ1n) is 5.37. The van der Waals surface area contributed by atoms with Gasteiger partial charge in [0, 0.05) is 6.54 Å². The van der Waals surface area contributed by atoms with Gasteiger partial charge in [0.25, 0.3) is 0 Å². The highest BCUT2D eigenvalue weighted by molar-refractivity contribution is 5.49. The summed E-state index contributed by atoms with van der Waals surface area (Å²) in [6, 6.07) is 3.95. The smallest absolute Gasteiger partial charge is 0.161 e. The van der Waals surface area contributed by atoms with E-state index in [1.165, 1.54) is 10.6 Å². The summed E-state index contributed by atoms with van der Waals surface area (Å²) in [5.74, 6) is 1.46. The summed E-state index contributed by atoms with van der Waals surface area (Å²) in [6.45, 7) is 2.63. The Morgan fingerprint density at radius 1 is 1.25 bits per heavy atom. The Morgan fingerprint density at radius 3 is 2.50 bits per heavy atom. The van der Waals surface area contributed by atoms with Gasteiger partial charge in [-0.15, -0.1) is 0 Å². The summed E-state index contributed by atoms with van der Waals surface area (Å²) in [7, 11) is 3.25. The Labute approximate surface area is 95.4 Å². The van der Waals surface area contributed by atoms with Crippen molar-refractivity contribution < 1.29 is 14.7 Å². The Morgan fingerprint density at radius 2 is 1.88 bits per heavy atom. The van der Waals surface area contributed by atoms with Gasteiger partial charge in [-0.1, -0.05) is 0 Å². The van der Waals surface area contributed by atoms with Crippen LogP contribution in [0.5, 0.6) is 11.5 Å². The molecular formula is C12H17NO3. The van der Waals surface area contributed by atoms with Crippen LogP contribution in [0.15, 0.2) is 12.1 Å². The van der Waals surface area contributed by atoms with Crippen LogP contribution in [-0.2, 0) is 6.42 Å². The predicted molar refractivity (Wildman–Crippen MR) is 60.2 cm³/mol. The Bertz CT molecular complexity index is 392. The fourth-order valence-corrected chi connectivity index (χ4v) is 2.13. The third-order valence-electron chi connectivity index (χ3n) is 3.15. The van der Waals surface area contributed by atoms with Crippen LogP contribution in [0.3, 0.4) is 0 Å². The third kappa shape index (κ3) is 1.74. The van der Waals surface area contributed by atoms with E-state index >= 15 is 0 Å². The lowest BCUT2D eigenvalue weighted by Gasteiger charge is -2.30. The van der Waals surface area contributed by atoms with Gasteiger partial charge in [0.05, 0.1) is 20.3 Å². The largest absolute Gasteiger partial charge is 0.493 e. The summed E-state index contributed by atoms with van der Waals surface area (Å²) in [4.78, 5) is 0.